The lowest BCUT2D eigenvalue weighted by atomic mass is 10.3. The predicted molar refractivity (Wildman–Crippen MR) is 82.8 cm³/mol. The molecule has 0 bridgehead atoms. The second-order valence-corrected chi connectivity index (χ2v) is 7.67. The first-order chi connectivity index (χ1) is 10.5. The SMILES string of the molecule is Cc1cc(-c2ccc(S(=O)(=O)NCc3ccccn3)s2)on1. The highest BCUT2D eigenvalue weighted by atomic mass is 32.2. The summed E-state index contributed by atoms with van der Waals surface area (Å²) in [4.78, 5) is 4.81. The summed E-state index contributed by atoms with van der Waals surface area (Å²) in [7, 11) is -3.57. The number of aryl methyl sites for hydroxylation is 1. The fourth-order valence-electron chi connectivity index (χ4n) is 1.82. The topological polar surface area (TPSA) is 85.1 Å². The molecule has 0 amide bonds. The Kier molecular flexibility index (Phi) is 4.06. The lowest BCUT2D eigenvalue weighted by Crippen LogP contribution is -2.22. The predicted octanol–water partition coefficient (Wildman–Crippen LogP) is 2.59. The summed E-state index contributed by atoms with van der Waals surface area (Å²) < 4.78 is 32.5. The van der Waals surface area contributed by atoms with Crippen molar-refractivity contribution in [3.05, 3.63) is 54.0 Å². The average Bonchev–Trinajstić information content (AvgIpc) is 3.15. The highest BCUT2D eigenvalue weighted by Crippen LogP contribution is 2.31. The van der Waals surface area contributed by atoms with Crippen LogP contribution in [0.4, 0.5) is 0 Å². The van der Waals surface area contributed by atoms with Crippen LogP contribution in [-0.2, 0) is 16.6 Å². The second kappa shape index (κ2) is 5.99. The maximum atomic E-state index is 12.3. The maximum Gasteiger partial charge on any atom is 0.250 e. The van der Waals surface area contributed by atoms with Crippen LogP contribution in [0.15, 0.2) is 51.3 Å². The molecule has 3 aromatic heterocycles. The molecule has 0 fully saturated rings. The summed E-state index contributed by atoms with van der Waals surface area (Å²) in [5.41, 5.74) is 1.41. The zero-order valence-corrected chi connectivity index (χ0v) is 13.3. The van der Waals surface area contributed by atoms with Gasteiger partial charge in [-0.3, -0.25) is 4.98 Å². The Balaban J connectivity index is 1.77. The molecular weight excluding hydrogens is 322 g/mol. The van der Waals surface area contributed by atoms with Gasteiger partial charge in [0.2, 0.25) is 10.0 Å². The quantitative estimate of drug-likeness (QED) is 0.774. The zero-order valence-electron chi connectivity index (χ0n) is 11.7. The van der Waals surface area contributed by atoms with Gasteiger partial charge in [-0.1, -0.05) is 11.2 Å². The maximum absolute atomic E-state index is 12.3. The van der Waals surface area contributed by atoms with Gasteiger partial charge in [0, 0.05) is 12.3 Å². The van der Waals surface area contributed by atoms with E-state index in [-0.39, 0.29) is 10.8 Å². The number of aromatic nitrogens is 2. The highest BCUT2D eigenvalue weighted by Gasteiger charge is 2.18. The van der Waals surface area contributed by atoms with Gasteiger partial charge < -0.3 is 4.52 Å². The Morgan fingerprint density at radius 1 is 1.27 bits per heavy atom. The number of pyridine rings is 1. The van der Waals surface area contributed by atoms with Crippen LogP contribution in [0.2, 0.25) is 0 Å². The van der Waals surface area contributed by atoms with Crippen molar-refractivity contribution >= 4 is 21.4 Å². The van der Waals surface area contributed by atoms with Crippen molar-refractivity contribution in [2.45, 2.75) is 17.7 Å². The van der Waals surface area contributed by atoms with E-state index in [1.165, 1.54) is 0 Å². The van der Waals surface area contributed by atoms with E-state index >= 15 is 0 Å². The minimum absolute atomic E-state index is 0.151. The summed E-state index contributed by atoms with van der Waals surface area (Å²) in [5, 5.41) is 3.80. The molecule has 0 atom stereocenters. The monoisotopic (exact) mass is 335 g/mol. The van der Waals surface area contributed by atoms with Crippen molar-refractivity contribution < 1.29 is 12.9 Å². The fourth-order valence-corrected chi connectivity index (χ4v) is 4.12. The molecular formula is C14H13N3O3S2. The smallest absolute Gasteiger partial charge is 0.250 e. The molecule has 0 radical (unpaired) electrons. The molecule has 3 heterocycles. The van der Waals surface area contributed by atoms with Crippen molar-refractivity contribution in [2.24, 2.45) is 0 Å². The fraction of sp³-hybridized carbons (Fsp3) is 0.143. The molecule has 8 heteroatoms. The number of hydrogen-bond donors (Lipinski definition) is 1. The first kappa shape index (κ1) is 14.9. The van der Waals surface area contributed by atoms with Gasteiger partial charge in [0.15, 0.2) is 5.76 Å². The lowest BCUT2D eigenvalue weighted by Gasteiger charge is -2.03. The summed E-state index contributed by atoms with van der Waals surface area (Å²) in [6.45, 7) is 1.96. The van der Waals surface area contributed by atoms with Gasteiger partial charge >= 0.3 is 0 Å². The Morgan fingerprint density at radius 3 is 2.82 bits per heavy atom. The summed E-state index contributed by atoms with van der Waals surface area (Å²) >= 11 is 1.14. The van der Waals surface area contributed by atoms with Crippen molar-refractivity contribution in [2.75, 3.05) is 0 Å². The Morgan fingerprint density at radius 2 is 2.14 bits per heavy atom. The van der Waals surface area contributed by atoms with Crippen LogP contribution < -0.4 is 4.72 Å². The molecule has 3 aromatic rings. The zero-order chi connectivity index (χ0) is 15.6. The number of nitrogens with zero attached hydrogens (tertiary/aromatic N) is 2. The Bertz CT molecular complexity index is 870. The lowest BCUT2D eigenvalue weighted by molar-refractivity contribution is 0.428. The molecule has 0 aromatic carbocycles. The van der Waals surface area contributed by atoms with Crippen molar-refractivity contribution in [1.29, 1.82) is 0 Å². The summed E-state index contributed by atoms with van der Waals surface area (Å²) in [6.07, 6.45) is 1.62. The standard InChI is InChI=1S/C14H13N3O3S2/c1-10-8-12(20-17-10)13-5-6-14(21-13)22(18,19)16-9-11-4-2-3-7-15-11/h2-8,16H,9H2,1H3. The second-order valence-electron chi connectivity index (χ2n) is 4.60. The van der Waals surface area contributed by atoms with Crippen LogP contribution in [0, 0.1) is 6.92 Å². The van der Waals surface area contributed by atoms with E-state index in [1.54, 1.807) is 36.5 Å². The normalized spacial score (nSPS) is 11.7. The van der Waals surface area contributed by atoms with E-state index in [1.807, 2.05) is 13.0 Å². The van der Waals surface area contributed by atoms with Gasteiger partial charge in [-0.15, -0.1) is 11.3 Å². The van der Waals surface area contributed by atoms with E-state index in [0.29, 0.717) is 11.5 Å². The number of nitrogens with one attached hydrogen (secondary N) is 1. The van der Waals surface area contributed by atoms with E-state index in [4.69, 9.17) is 4.52 Å². The number of hydrogen-bond acceptors (Lipinski definition) is 6. The van der Waals surface area contributed by atoms with E-state index in [0.717, 1.165) is 21.9 Å². The first-order valence-corrected chi connectivity index (χ1v) is 8.78. The van der Waals surface area contributed by atoms with Crippen LogP contribution in [0.25, 0.3) is 10.6 Å². The van der Waals surface area contributed by atoms with Gasteiger partial charge in [-0.2, -0.15) is 0 Å². The van der Waals surface area contributed by atoms with Crippen molar-refractivity contribution in [3.8, 4) is 10.6 Å². The largest absolute Gasteiger partial charge is 0.355 e. The van der Waals surface area contributed by atoms with Crippen LogP contribution in [0.3, 0.4) is 0 Å². The van der Waals surface area contributed by atoms with Gasteiger partial charge in [-0.05, 0) is 31.2 Å². The molecule has 0 aliphatic rings. The number of sulfonamides is 1. The van der Waals surface area contributed by atoms with Crippen LogP contribution in [-0.4, -0.2) is 18.6 Å². The molecule has 3 rings (SSSR count). The number of rotatable bonds is 5. The average molecular weight is 335 g/mol. The summed E-state index contributed by atoms with van der Waals surface area (Å²) in [5.74, 6) is 0.564. The molecule has 6 nitrogen and oxygen atoms in total. The third kappa shape index (κ3) is 3.24. The molecule has 22 heavy (non-hydrogen) atoms. The third-order valence-corrected chi connectivity index (χ3v) is 5.88. The van der Waals surface area contributed by atoms with Crippen molar-refractivity contribution in [3.63, 3.8) is 0 Å². The van der Waals surface area contributed by atoms with Crippen LogP contribution in [0.5, 0.6) is 0 Å². The van der Waals surface area contributed by atoms with Crippen molar-refractivity contribution in [1.82, 2.24) is 14.9 Å². The minimum atomic E-state index is -3.57. The molecule has 0 saturated carbocycles. The van der Waals surface area contributed by atoms with Crippen LogP contribution in [0.1, 0.15) is 11.4 Å². The molecule has 0 spiro atoms. The Labute approximate surface area is 131 Å². The third-order valence-electron chi connectivity index (χ3n) is 2.89. The van der Waals surface area contributed by atoms with E-state index in [2.05, 4.69) is 14.9 Å². The van der Waals surface area contributed by atoms with E-state index < -0.39 is 10.0 Å². The molecule has 0 aliphatic carbocycles. The van der Waals surface area contributed by atoms with Gasteiger partial charge in [0.1, 0.15) is 4.21 Å². The van der Waals surface area contributed by atoms with Gasteiger partial charge in [0.25, 0.3) is 0 Å². The summed E-state index contributed by atoms with van der Waals surface area (Å²) in [6, 6.07) is 10.4. The minimum Gasteiger partial charge on any atom is -0.355 e. The molecule has 0 saturated heterocycles. The molecule has 0 aliphatic heterocycles. The highest BCUT2D eigenvalue weighted by molar-refractivity contribution is 7.91. The van der Waals surface area contributed by atoms with Crippen LogP contribution >= 0.6 is 11.3 Å². The molecule has 0 unspecified atom stereocenters. The Hall–Kier alpha value is -2.03. The van der Waals surface area contributed by atoms with Gasteiger partial charge in [0.05, 0.1) is 22.8 Å². The first-order valence-electron chi connectivity index (χ1n) is 6.48. The van der Waals surface area contributed by atoms with Gasteiger partial charge in [-0.25, -0.2) is 13.1 Å². The molecule has 1 N–H and O–H groups in total. The van der Waals surface area contributed by atoms with E-state index in [9.17, 15) is 8.42 Å². The number of thiophene rings is 1. The molecule has 114 valence electrons.